The Morgan fingerprint density at radius 3 is 1.33 bits per heavy atom. The van der Waals surface area contributed by atoms with E-state index in [0.717, 1.165) is 11.1 Å². The maximum Gasteiger partial charge on any atom is 0.401 e. The molecule has 21 heavy (non-hydrogen) atoms. The third-order valence-corrected chi connectivity index (χ3v) is 2.80. The van der Waals surface area contributed by atoms with Crippen molar-refractivity contribution in [3.63, 3.8) is 0 Å². The molecule has 0 saturated heterocycles. The van der Waals surface area contributed by atoms with Crippen LogP contribution < -0.4 is 10.6 Å². The van der Waals surface area contributed by atoms with Gasteiger partial charge in [0.05, 0.1) is 0 Å². The van der Waals surface area contributed by atoms with Gasteiger partial charge >= 0.3 is 12.3 Å². The Morgan fingerprint density at radius 1 is 0.714 bits per heavy atom. The first-order valence-corrected chi connectivity index (χ1v) is 6.14. The molecule has 0 heterocycles. The molecule has 0 fully saturated rings. The van der Waals surface area contributed by atoms with Gasteiger partial charge in [-0.2, -0.15) is 0 Å². The normalized spacial score (nSPS) is 10.0. The quantitative estimate of drug-likeness (QED) is 0.652. The zero-order chi connectivity index (χ0) is 15.2. The van der Waals surface area contributed by atoms with E-state index in [0.29, 0.717) is 17.8 Å². The van der Waals surface area contributed by atoms with Gasteiger partial charge in [0.2, 0.25) is 0 Å². The van der Waals surface area contributed by atoms with E-state index >= 15 is 0 Å². The van der Waals surface area contributed by atoms with E-state index < -0.39 is 12.3 Å². The molecule has 2 aromatic rings. The van der Waals surface area contributed by atoms with Crippen LogP contribution in [0.2, 0.25) is 0 Å². The fourth-order valence-electron chi connectivity index (χ4n) is 1.87. The molecular formula is C15H12F2N2O2. The molecule has 0 saturated carbocycles. The first-order chi connectivity index (χ1) is 10.0. The van der Waals surface area contributed by atoms with Crippen LogP contribution in [0, 0.1) is 0 Å². The molecule has 2 aromatic carbocycles. The first-order valence-electron chi connectivity index (χ1n) is 6.14. The number of rotatable bonds is 4. The minimum atomic E-state index is -1.60. The van der Waals surface area contributed by atoms with Crippen LogP contribution in [0.5, 0.6) is 0 Å². The fourth-order valence-corrected chi connectivity index (χ4v) is 1.87. The summed E-state index contributed by atoms with van der Waals surface area (Å²) in [6.07, 6.45) is -2.59. The molecule has 108 valence electrons. The Labute approximate surface area is 119 Å². The third kappa shape index (κ3) is 4.68. The molecule has 2 amide bonds. The van der Waals surface area contributed by atoms with Crippen LogP contribution >= 0.6 is 0 Å². The molecular weight excluding hydrogens is 278 g/mol. The lowest BCUT2D eigenvalue weighted by Crippen LogP contribution is -2.02. The second-order valence-corrected chi connectivity index (χ2v) is 4.37. The number of hydrogen-bond acceptors (Lipinski definition) is 2. The Bertz CT molecular complexity index is 582. The summed E-state index contributed by atoms with van der Waals surface area (Å²) in [6, 6.07) is 13.5. The van der Waals surface area contributed by atoms with Crippen LogP contribution in [0.15, 0.2) is 48.5 Å². The maximum atomic E-state index is 12.2. The summed E-state index contributed by atoms with van der Waals surface area (Å²) in [5.74, 6) is 0. The monoisotopic (exact) mass is 290 g/mol. The smallest absolute Gasteiger partial charge is 0.298 e. The summed E-state index contributed by atoms with van der Waals surface area (Å²) in [7, 11) is 0. The maximum absolute atomic E-state index is 12.2. The van der Waals surface area contributed by atoms with Crippen molar-refractivity contribution >= 4 is 23.7 Å². The average Bonchev–Trinajstić information content (AvgIpc) is 2.42. The molecule has 0 aliphatic heterocycles. The summed E-state index contributed by atoms with van der Waals surface area (Å²) >= 11 is 0. The van der Waals surface area contributed by atoms with E-state index in [9.17, 15) is 18.4 Å². The lowest BCUT2D eigenvalue weighted by atomic mass is 10.0. The van der Waals surface area contributed by atoms with Crippen molar-refractivity contribution in [2.45, 2.75) is 6.42 Å². The van der Waals surface area contributed by atoms with Gasteiger partial charge in [0.1, 0.15) is 0 Å². The summed E-state index contributed by atoms with van der Waals surface area (Å²) in [5, 5.41) is 4.08. The van der Waals surface area contributed by atoms with Crippen LogP contribution in [0.4, 0.5) is 29.7 Å². The second kappa shape index (κ2) is 6.60. The lowest BCUT2D eigenvalue weighted by Gasteiger charge is -2.05. The SMILES string of the molecule is O=C(F)Nc1ccc(Cc2ccc(NC(=O)F)cc2)cc1. The highest BCUT2D eigenvalue weighted by atomic mass is 19.1. The largest absolute Gasteiger partial charge is 0.401 e. The molecule has 4 nitrogen and oxygen atoms in total. The van der Waals surface area contributed by atoms with Gasteiger partial charge in [0, 0.05) is 11.4 Å². The van der Waals surface area contributed by atoms with Gasteiger partial charge in [-0.25, -0.2) is 9.59 Å². The molecule has 6 heteroatoms. The Balaban J connectivity index is 2.01. The molecule has 0 bridgehead atoms. The van der Waals surface area contributed by atoms with Gasteiger partial charge in [-0.15, -0.1) is 8.78 Å². The summed E-state index contributed by atoms with van der Waals surface area (Å²) in [6.45, 7) is 0. The highest BCUT2D eigenvalue weighted by Gasteiger charge is 2.02. The highest BCUT2D eigenvalue weighted by molar-refractivity contribution is 5.84. The van der Waals surface area contributed by atoms with Crippen molar-refractivity contribution < 1.29 is 18.4 Å². The molecule has 0 unspecified atom stereocenters. The number of carbonyl (C=O) groups excluding carboxylic acids is 2. The molecule has 2 rings (SSSR count). The fraction of sp³-hybridized carbons (Fsp3) is 0.0667. The number of benzene rings is 2. The number of nitrogens with one attached hydrogen (secondary N) is 2. The molecule has 0 aliphatic carbocycles. The van der Waals surface area contributed by atoms with E-state index in [1.54, 1.807) is 48.5 Å². The molecule has 0 radical (unpaired) electrons. The topological polar surface area (TPSA) is 58.2 Å². The van der Waals surface area contributed by atoms with E-state index in [1.165, 1.54) is 0 Å². The van der Waals surface area contributed by atoms with Gasteiger partial charge < -0.3 is 0 Å². The standard InChI is InChI=1S/C15H12F2N2O2/c16-14(20)18-12-5-1-10(2-6-12)9-11-3-7-13(8-4-11)19-15(17)21/h1-8H,9H2,(H,18,20)(H,19,21). The minimum absolute atomic E-state index is 0.382. The van der Waals surface area contributed by atoms with Crippen LogP contribution in [-0.4, -0.2) is 12.3 Å². The van der Waals surface area contributed by atoms with Crippen molar-refractivity contribution in [3.05, 3.63) is 59.7 Å². The zero-order valence-corrected chi connectivity index (χ0v) is 10.9. The van der Waals surface area contributed by atoms with Gasteiger partial charge in [-0.1, -0.05) is 24.3 Å². The number of anilines is 2. The van der Waals surface area contributed by atoms with Crippen molar-refractivity contribution in [1.29, 1.82) is 0 Å². The van der Waals surface area contributed by atoms with Crippen LogP contribution in [-0.2, 0) is 6.42 Å². The Hall–Kier alpha value is -2.76. The number of amides is 2. The minimum Gasteiger partial charge on any atom is -0.298 e. The van der Waals surface area contributed by atoms with Crippen molar-refractivity contribution in [2.24, 2.45) is 0 Å². The van der Waals surface area contributed by atoms with E-state index in [2.05, 4.69) is 0 Å². The number of carbonyl (C=O) groups is 2. The summed E-state index contributed by atoms with van der Waals surface area (Å²) < 4.78 is 24.3. The molecule has 0 spiro atoms. The second-order valence-electron chi connectivity index (χ2n) is 4.37. The van der Waals surface area contributed by atoms with E-state index in [4.69, 9.17) is 0 Å². The predicted octanol–water partition coefficient (Wildman–Crippen LogP) is 4.28. The molecule has 0 aromatic heterocycles. The van der Waals surface area contributed by atoms with Crippen LogP contribution in [0.25, 0.3) is 0 Å². The van der Waals surface area contributed by atoms with E-state index in [1.807, 2.05) is 10.6 Å². The number of hydrogen-bond donors (Lipinski definition) is 2. The van der Waals surface area contributed by atoms with Crippen molar-refractivity contribution in [1.82, 2.24) is 0 Å². The summed E-state index contributed by atoms with van der Waals surface area (Å²) in [4.78, 5) is 20.5. The Morgan fingerprint density at radius 2 is 1.05 bits per heavy atom. The number of halogens is 2. The van der Waals surface area contributed by atoms with Crippen LogP contribution in [0.3, 0.4) is 0 Å². The zero-order valence-electron chi connectivity index (χ0n) is 10.9. The van der Waals surface area contributed by atoms with Gasteiger partial charge in [0.25, 0.3) is 0 Å². The van der Waals surface area contributed by atoms with Gasteiger partial charge in [-0.05, 0) is 41.8 Å². The molecule has 2 N–H and O–H groups in total. The lowest BCUT2D eigenvalue weighted by molar-refractivity contribution is 0.233. The van der Waals surface area contributed by atoms with Gasteiger partial charge in [0.15, 0.2) is 0 Å². The average molecular weight is 290 g/mol. The van der Waals surface area contributed by atoms with Crippen molar-refractivity contribution in [3.8, 4) is 0 Å². The third-order valence-electron chi connectivity index (χ3n) is 2.80. The van der Waals surface area contributed by atoms with E-state index in [-0.39, 0.29) is 0 Å². The molecule has 0 aliphatic rings. The van der Waals surface area contributed by atoms with Crippen molar-refractivity contribution in [2.75, 3.05) is 10.6 Å². The van der Waals surface area contributed by atoms with Crippen LogP contribution in [0.1, 0.15) is 11.1 Å². The first kappa shape index (κ1) is 14.6. The molecule has 0 atom stereocenters. The predicted molar refractivity (Wildman–Crippen MR) is 75.9 cm³/mol. The van der Waals surface area contributed by atoms with Gasteiger partial charge in [-0.3, -0.25) is 10.6 Å². The highest BCUT2D eigenvalue weighted by Crippen LogP contribution is 2.16. The summed E-state index contributed by atoms with van der Waals surface area (Å²) in [5.41, 5.74) is 2.70. The Kier molecular flexibility index (Phi) is 4.61.